The first kappa shape index (κ1) is 20.3. The van der Waals surface area contributed by atoms with Crippen molar-refractivity contribution in [1.82, 2.24) is 5.32 Å². The molecule has 24 heavy (non-hydrogen) atoms. The molecule has 0 fully saturated rings. The molecule has 2 amide bonds. The van der Waals surface area contributed by atoms with Gasteiger partial charge in [-0.1, -0.05) is 32.4 Å². The first-order valence-electron chi connectivity index (χ1n) is 8.03. The molecule has 1 rings (SSSR count). The van der Waals surface area contributed by atoms with Crippen LogP contribution in [0.1, 0.15) is 25.8 Å². The molecule has 0 saturated carbocycles. The fraction of sp³-hybridized carbons (Fsp3) is 0.529. The summed E-state index contributed by atoms with van der Waals surface area (Å²) >= 11 is 1.45. The highest BCUT2D eigenvalue weighted by Crippen LogP contribution is 2.13. The van der Waals surface area contributed by atoms with Gasteiger partial charge >= 0.3 is 0 Å². The van der Waals surface area contributed by atoms with Gasteiger partial charge in [-0.3, -0.25) is 9.59 Å². The Morgan fingerprint density at radius 3 is 2.46 bits per heavy atom. The average molecular weight is 353 g/mol. The molecule has 0 radical (unpaired) electrons. The molecule has 0 aliphatic carbocycles. The van der Waals surface area contributed by atoms with Gasteiger partial charge in [0.05, 0.1) is 5.75 Å². The van der Waals surface area contributed by atoms with Crippen LogP contribution in [0.25, 0.3) is 0 Å². The van der Waals surface area contributed by atoms with E-state index in [0.717, 1.165) is 12.0 Å². The van der Waals surface area contributed by atoms with E-state index in [1.807, 2.05) is 0 Å². The van der Waals surface area contributed by atoms with Crippen LogP contribution in [-0.2, 0) is 16.0 Å². The number of nitrogens with one attached hydrogen (secondary N) is 1. The molecule has 1 aromatic rings. The number of nitrogens with two attached hydrogens (primary N) is 2. The van der Waals surface area contributed by atoms with Gasteiger partial charge in [-0.15, -0.1) is 0 Å². The van der Waals surface area contributed by atoms with Crippen molar-refractivity contribution in [2.45, 2.75) is 38.8 Å². The molecule has 6 nitrogen and oxygen atoms in total. The van der Waals surface area contributed by atoms with Crippen LogP contribution in [0.2, 0.25) is 0 Å². The number of rotatable bonds is 10. The van der Waals surface area contributed by atoms with Crippen LogP contribution in [0.4, 0.5) is 0 Å². The minimum Gasteiger partial charge on any atom is -0.508 e. The quantitative estimate of drug-likeness (QED) is 0.501. The van der Waals surface area contributed by atoms with Gasteiger partial charge in [-0.25, -0.2) is 0 Å². The van der Waals surface area contributed by atoms with Crippen LogP contribution in [-0.4, -0.2) is 40.5 Å². The Morgan fingerprint density at radius 2 is 1.92 bits per heavy atom. The lowest BCUT2D eigenvalue weighted by Gasteiger charge is -2.18. The number of hydrogen-bond donors (Lipinski definition) is 4. The predicted molar refractivity (Wildman–Crippen MR) is 97.7 cm³/mol. The summed E-state index contributed by atoms with van der Waals surface area (Å²) in [6, 6.07) is 5.72. The Kier molecular flexibility index (Phi) is 8.63. The van der Waals surface area contributed by atoms with Gasteiger partial charge in [0.15, 0.2) is 0 Å². The second-order valence-electron chi connectivity index (χ2n) is 5.96. The lowest BCUT2D eigenvalue weighted by molar-refractivity contribution is -0.125. The summed E-state index contributed by atoms with van der Waals surface area (Å²) in [4.78, 5) is 23.6. The average Bonchev–Trinajstić information content (AvgIpc) is 2.55. The molecule has 1 aromatic carbocycles. The zero-order valence-corrected chi connectivity index (χ0v) is 15.0. The van der Waals surface area contributed by atoms with E-state index in [4.69, 9.17) is 11.5 Å². The van der Waals surface area contributed by atoms with Crippen LogP contribution in [0.15, 0.2) is 24.3 Å². The third-order valence-corrected chi connectivity index (χ3v) is 5.06. The number of phenolic OH excluding ortho intramolecular Hbond substituents is 1. The monoisotopic (exact) mass is 353 g/mol. The van der Waals surface area contributed by atoms with Crippen molar-refractivity contribution < 1.29 is 14.7 Å². The smallest absolute Gasteiger partial charge is 0.240 e. The van der Waals surface area contributed by atoms with Crippen molar-refractivity contribution in [3.63, 3.8) is 0 Å². The lowest BCUT2D eigenvalue weighted by Crippen LogP contribution is -2.46. The summed E-state index contributed by atoms with van der Waals surface area (Å²) in [6.45, 7) is 4.18. The molecule has 0 saturated heterocycles. The molecule has 7 heteroatoms. The maximum atomic E-state index is 12.0. The molecule has 134 valence electrons. The number of primary amides is 1. The summed E-state index contributed by atoms with van der Waals surface area (Å²) in [7, 11) is 0. The zero-order chi connectivity index (χ0) is 18.1. The molecule has 0 spiro atoms. The molecule has 3 atom stereocenters. The second kappa shape index (κ2) is 10.2. The van der Waals surface area contributed by atoms with E-state index in [0.29, 0.717) is 18.1 Å². The Morgan fingerprint density at radius 1 is 1.29 bits per heavy atom. The van der Waals surface area contributed by atoms with Gasteiger partial charge in [-0.2, -0.15) is 11.8 Å². The summed E-state index contributed by atoms with van der Waals surface area (Å²) in [6.07, 6.45) is 1.29. The maximum absolute atomic E-state index is 12.0. The van der Waals surface area contributed by atoms with E-state index in [1.165, 1.54) is 23.9 Å². The molecular formula is C17H27N3O3S. The first-order chi connectivity index (χ1) is 11.3. The lowest BCUT2D eigenvalue weighted by atomic mass is 10.0. The van der Waals surface area contributed by atoms with E-state index >= 15 is 0 Å². The number of hydrogen-bond acceptors (Lipinski definition) is 5. The summed E-state index contributed by atoms with van der Waals surface area (Å²) in [5.41, 5.74) is 12.2. The van der Waals surface area contributed by atoms with Crippen LogP contribution in [0, 0.1) is 5.92 Å². The van der Waals surface area contributed by atoms with E-state index < -0.39 is 11.9 Å². The number of aromatic hydroxyl groups is 1. The van der Waals surface area contributed by atoms with Crippen molar-refractivity contribution in [2.75, 3.05) is 11.5 Å². The SMILES string of the molecule is CCC(C)C(N)CSCC(=O)NC(Cc1ccc(O)cc1)C(N)=O. The highest BCUT2D eigenvalue weighted by atomic mass is 32.2. The Labute approximate surface area is 147 Å². The van der Waals surface area contributed by atoms with Crippen LogP contribution in [0.3, 0.4) is 0 Å². The number of carbonyl (C=O) groups excluding carboxylic acids is 2. The number of thioether (sulfide) groups is 1. The third kappa shape index (κ3) is 7.23. The van der Waals surface area contributed by atoms with Gasteiger partial charge in [0.2, 0.25) is 11.8 Å². The minimum absolute atomic E-state index is 0.0525. The summed E-state index contributed by atoms with van der Waals surface area (Å²) in [5.74, 6) is 0.669. The van der Waals surface area contributed by atoms with E-state index in [2.05, 4.69) is 19.2 Å². The second-order valence-corrected chi connectivity index (χ2v) is 6.99. The zero-order valence-electron chi connectivity index (χ0n) is 14.2. The van der Waals surface area contributed by atoms with Crippen molar-refractivity contribution in [2.24, 2.45) is 17.4 Å². The van der Waals surface area contributed by atoms with Gasteiger partial charge < -0.3 is 21.9 Å². The summed E-state index contributed by atoms with van der Waals surface area (Å²) < 4.78 is 0. The van der Waals surface area contributed by atoms with Crippen molar-refractivity contribution in [3.05, 3.63) is 29.8 Å². The molecule has 0 aromatic heterocycles. The van der Waals surface area contributed by atoms with E-state index in [9.17, 15) is 14.7 Å². The number of phenols is 1. The van der Waals surface area contributed by atoms with Crippen molar-refractivity contribution in [3.8, 4) is 5.75 Å². The van der Waals surface area contributed by atoms with Crippen molar-refractivity contribution in [1.29, 1.82) is 0 Å². The highest BCUT2D eigenvalue weighted by Gasteiger charge is 2.19. The highest BCUT2D eigenvalue weighted by molar-refractivity contribution is 8.00. The minimum atomic E-state index is -0.772. The fourth-order valence-electron chi connectivity index (χ4n) is 2.08. The molecule has 0 aliphatic heterocycles. The van der Waals surface area contributed by atoms with Gasteiger partial charge in [0.1, 0.15) is 11.8 Å². The number of benzene rings is 1. The molecule has 0 heterocycles. The largest absolute Gasteiger partial charge is 0.508 e. The molecule has 0 bridgehead atoms. The normalized spacial score (nSPS) is 14.6. The molecular weight excluding hydrogens is 326 g/mol. The Balaban J connectivity index is 2.45. The maximum Gasteiger partial charge on any atom is 0.240 e. The van der Waals surface area contributed by atoms with Gasteiger partial charge in [0, 0.05) is 18.2 Å². The molecule has 3 unspecified atom stereocenters. The number of carbonyl (C=O) groups is 2. The van der Waals surface area contributed by atoms with Crippen LogP contribution >= 0.6 is 11.8 Å². The topological polar surface area (TPSA) is 118 Å². The Bertz CT molecular complexity index is 536. The summed E-state index contributed by atoms with van der Waals surface area (Å²) in [5, 5.41) is 11.9. The van der Waals surface area contributed by atoms with E-state index in [1.54, 1.807) is 12.1 Å². The van der Waals surface area contributed by atoms with Gasteiger partial charge in [0.25, 0.3) is 0 Å². The molecule has 6 N–H and O–H groups in total. The predicted octanol–water partition coefficient (Wildman–Crippen LogP) is 1.01. The standard InChI is InChI=1S/C17H27N3O3S/c1-3-11(2)14(18)9-24-10-16(22)20-15(17(19)23)8-12-4-6-13(21)7-5-12/h4-7,11,14-15,21H,3,8-10,18H2,1-2H3,(H2,19,23)(H,20,22). The van der Waals surface area contributed by atoms with E-state index in [-0.39, 0.29) is 23.5 Å². The molecule has 0 aliphatic rings. The first-order valence-corrected chi connectivity index (χ1v) is 9.18. The number of amides is 2. The fourth-order valence-corrected chi connectivity index (χ4v) is 3.07. The Hall–Kier alpha value is -1.73. The van der Waals surface area contributed by atoms with Crippen LogP contribution in [0.5, 0.6) is 5.75 Å². The van der Waals surface area contributed by atoms with Crippen molar-refractivity contribution >= 4 is 23.6 Å². The van der Waals surface area contributed by atoms with Crippen LogP contribution < -0.4 is 16.8 Å². The van der Waals surface area contributed by atoms with Gasteiger partial charge in [-0.05, 0) is 23.6 Å². The third-order valence-electron chi connectivity index (χ3n) is 3.97.